The topological polar surface area (TPSA) is 126 Å². The Bertz CT molecular complexity index is 1420. The summed E-state index contributed by atoms with van der Waals surface area (Å²) in [4.78, 5) is 25.5. The van der Waals surface area contributed by atoms with Crippen molar-refractivity contribution in [3.8, 4) is 11.1 Å². The van der Waals surface area contributed by atoms with E-state index in [9.17, 15) is 4.79 Å². The molecule has 10 nitrogen and oxygen atoms in total. The van der Waals surface area contributed by atoms with Crippen LogP contribution in [0, 0.1) is 6.92 Å². The Morgan fingerprint density at radius 1 is 1.00 bits per heavy atom. The Kier molecular flexibility index (Phi) is 5.23. The molecule has 0 radical (unpaired) electrons. The molecule has 0 aliphatic heterocycles. The largest absolute Gasteiger partial charge is 0.324 e. The SMILES string of the molecule is Cc1n[nH]c2ncc(NC(=O)Cc3ccc(-c4cnc(Nc5cnn(C)c5)nc4)cc3)cc12. The number of rotatable bonds is 6. The number of nitrogens with one attached hydrogen (secondary N) is 3. The molecule has 1 amide bonds. The van der Waals surface area contributed by atoms with E-state index in [1.807, 2.05) is 50.5 Å². The van der Waals surface area contributed by atoms with Gasteiger partial charge in [0.1, 0.15) is 0 Å². The summed E-state index contributed by atoms with van der Waals surface area (Å²) in [6.45, 7) is 1.89. The lowest BCUT2D eigenvalue weighted by atomic mass is 10.1. The van der Waals surface area contributed by atoms with Gasteiger partial charge in [-0.25, -0.2) is 15.0 Å². The monoisotopic (exact) mass is 439 g/mol. The molecule has 0 saturated carbocycles. The minimum absolute atomic E-state index is 0.112. The van der Waals surface area contributed by atoms with E-state index in [4.69, 9.17) is 0 Å². The van der Waals surface area contributed by atoms with Crippen molar-refractivity contribution in [1.82, 2.24) is 34.9 Å². The number of carbonyl (C=O) groups is 1. The number of fused-ring (bicyclic) bond motifs is 1. The molecular weight excluding hydrogens is 418 g/mol. The molecule has 10 heteroatoms. The van der Waals surface area contributed by atoms with Gasteiger partial charge in [0.25, 0.3) is 0 Å². The van der Waals surface area contributed by atoms with E-state index in [-0.39, 0.29) is 12.3 Å². The standard InChI is InChI=1S/C23H21N9O/c1-14-20-8-18(11-24-22(20)31-30-14)28-21(33)7-15-3-5-16(6-4-15)17-9-25-23(26-10-17)29-19-12-27-32(2)13-19/h3-6,8-13H,7H2,1-2H3,(H,28,33)(H,24,30,31)(H,25,26,29). The number of aryl methyl sites for hydroxylation is 2. The number of aromatic nitrogens is 7. The fourth-order valence-electron chi connectivity index (χ4n) is 3.46. The quantitative estimate of drug-likeness (QED) is 0.370. The highest BCUT2D eigenvalue weighted by molar-refractivity contribution is 5.94. The predicted octanol–water partition coefficient (Wildman–Crippen LogP) is 3.38. The van der Waals surface area contributed by atoms with Crippen molar-refractivity contribution in [2.45, 2.75) is 13.3 Å². The van der Waals surface area contributed by atoms with E-state index in [1.165, 1.54) is 0 Å². The first-order valence-corrected chi connectivity index (χ1v) is 10.3. The molecule has 33 heavy (non-hydrogen) atoms. The van der Waals surface area contributed by atoms with Gasteiger partial charge in [-0.15, -0.1) is 0 Å². The number of carbonyl (C=O) groups excluding carboxylic acids is 1. The Balaban J connectivity index is 1.21. The van der Waals surface area contributed by atoms with Crippen molar-refractivity contribution in [2.75, 3.05) is 10.6 Å². The first-order valence-electron chi connectivity index (χ1n) is 10.3. The highest BCUT2D eigenvalue weighted by atomic mass is 16.1. The number of hydrogen-bond donors (Lipinski definition) is 3. The smallest absolute Gasteiger partial charge is 0.228 e. The molecule has 0 atom stereocenters. The maximum absolute atomic E-state index is 12.5. The summed E-state index contributed by atoms with van der Waals surface area (Å²) in [5.74, 6) is 0.387. The second kappa shape index (κ2) is 8.50. The Morgan fingerprint density at radius 3 is 2.52 bits per heavy atom. The van der Waals surface area contributed by atoms with Gasteiger partial charge in [0, 0.05) is 36.6 Å². The molecule has 3 N–H and O–H groups in total. The van der Waals surface area contributed by atoms with Crippen LogP contribution in [0.1, 0.15) is 11.3 Å². The van der Waals surface area contributed by atoms with Crippen LogP contribution in [0.5, 0.6) is 0 Å². The van der Waals surface area contributed by atoms with Crippen LogP contribution < -0.4 is 10.6 Å². The molecule has 1 aromatic carbocycles. The molecule has 5 rings (SSSR count). The fourth-order valence-corrected chi connectivity index (χ4v) is 3.46. The van der Waals surface area contributed by atoms with E-state index in [0.29, 0.717) is 17.3 Å². The second-order valence-corrected chi connectivity index (χ2v) is 7.67. The van der Waals surface area contributed by atoms with Gasteiger partial charge in [0.15, 0.2) is 5.65 Å². The first-order chi connectivity index (χ1) is 16.0. The highest BCUT2D eigenvalue weighted by Crippen LogP contribution is 2.21. The van der Waals surface area contributed by atoms with Crippen molar-refractivity contribution in [1.29, 1.82) is 0 Å². The average molecular weight is 439 g/mol. The summed E-state index contributed by atoms with van der Waals surface area (Å²) in [7, 11) is 1.85. The van der Waals surface area contributed by atoms with Crippen LogP contribution in [0.15, 0.2) is 61.3 Å². The minimum Gasteiger partial charge on any atom is -0.324 e. The third-order valence-electron chi connectivity index (χ3n) is 5.16. The molecule has 0 unspecified atom stereocenters. The summed E-state index contributed by atoms with van der Waals surface area (Å²) < 4.78 is 1.70. The molecule has 0 fully saturated rings. The first kappa shape index (κ1) is 20.3. The zero-order chi connectivity index (χ0) is 22.8. The maximum atomic E-state index is 12.5. The minimum atomic E-state index is -0.112. The molecular formula is C23H21N9O. The number of anilines is 3. The lowest BCUT2D eigenvalue weighted by Crippen LogP contribution is -2.14. The third kappa shape index (κ3) is 4.54. The molecule has 4 heterocycles. The van der Waals surface area contributed by atoms with E-state index < -0.39 is 0 Å². The predicted molar refractivity (Wildman–Crippen MR) is 125 cm³/mol. The van der Waals surface area contributed by atoms with E-state index in [2.05, 4.69) is 40.9 Å². The van der Waals surface area contributed by atoms with Gasteiger partial charge in [-0.2, -0.15) is 10.2 Å². The summed E-state index contributed by atoms with van der Waals surface area (Å²) in [5.41, 5.74) is 5.77. The van der Waals surface area contributed by atoms with Crippen LogP contribution in [-0.2, 0) is 18.3 Å². The molecule has 0 spiro atoms. The molecule has 4 aromatic heterocycles. The van der Waals surface area contributed by atoms with Gasteiger partial charge in [-0.1, -0.05) is 24.3 Å². The van der Waals surface area contributed by atoms with Crippen LogP contribution in [0.25, 0.3) is 22.2 Å². The van der Waals surface area contributed by atoms with Crippen molar-refractivity contribution in [3.05, 3.63) is 72.6 Å². The average Bonchev–Trinajstić information content (AvgIpc) is 3.40. The zero-order valence-corrected chi connectivity index (χ0v) is 18.1. The maximum Gasteiger partial charge on any atom is 0.228 e. The molecule has 0 aliphatic rings. The summed E-state index contributed by atoms with van der Waals surface area (Å²) in [5, 5.41) is 18.0. The summed E-state index contributed by atoms with van der Waals surface area (Å²) in [6, 6.07) is 9.64. The van der Waals surface area contributed by atoms with Crippen LogP contribution >= 0.6 is 0 Å². The van der Waals surface area contributed by atoms with Gasteiger partial charge in [-0.05, 0) is 24.1 Å². The summed E-state index contributed by atoms with van der Waals surface area (Å²) in [6.07, 6.45) is 8.95. The lowest BCUT2D eigenvalue weighted by molar-refractivity contribution is -0.115. The number of H-pyrrole nitrogens is 1. The molecule has 164 valence electrons. The fraction of sp³-hybridized carbons (Fsp3) is 0.130. The number of nitrogens with zero attached hydrogens (tertiary/aromatic N) is 6. The van der Waals surface area contributed by atoms with E-state index in [1.54, 1.807) is 29.5 Å². The normalized spacial score (nSPS) is 11.0. The number of hydrogen-bond acceptors (Lipinski definition) is 7. The van der Waals surface area contributed by atoms with E-state index in [0.717, 1.165) is 33.5 Å². The highest BCUT2D eigenvalue weighted by Gasteiger charge is 2.09. The number of benzene rings is 1. The Hall–Kier alpha value is -4.60. The van der Waals surface area contributed by atoms with Gasteiger partial charge >= 0.3 is 0 Å². The molecule has 0 saturated heterocycles. The van der Waals surface area contributed by atoms with Crippen molar-refractivity contribution in [2.24, 2.45) is 7.05 Å². The van der Waals surface area contributed by atoms with Gasteiger partial charge in [0.2, 0.25) is 11.9 Å². The Morgan fingerprint density at radius 2 is 1.79 bits per heavy atom. The van der Waals surface area contributed by atoms with Gasteiger partial charge in [0.05, 0.1) is 35.9 Å². The second-order valence-electron chi connectivity index (χ2n) is 7.67. The molecule has 0 bridgehead atoms. The van der Waals surface area contributed by atoms with Gasteiger partial charge in [-0.3, -0.25) is 14.6 Å². The van der Waals surface area contributed by atoms with Crippen LogP contribution in [0.2, 0.25) is 0 Å². The number of pyridine rings is 1. The summed E-state index contributed by atoms with van der Waals surface area (Å²) >= 11 is 0. The van der Waals surface area contributed by atoms with Crippen LogP contribution in [0.3, 0.4) is 0 Å². The van der Waals surface area contributed by atoms with Crippen LogP contribution in [0.4, 0.5) is 17.3 Å². The Labute approximate surface area is 189 Å². The van der Waals surface area contributed by atoms with Gasteiger partial charge < -0.3 is 10.6 Å². The van der Waals surface area contributed by atoms with Crippen molar-refractivity contribution < 1.29 is 4.79 Å². The number of aromatic amines is 1. The zero-order valence-electron chi connectivity index (χ0n) is 18.1. The molecule has 5 aromatic rings. The lowest BCUT2D eigenvalue weighted by Gasteiger charge is -2.07. The third-order valence-corrected chi connectivity index (χ3v) is 5.16. The van der Waals surface area contributed by atoms with Crippen molar-refractivity contribution in [3.63, 3.8) is 0 Å². The number of amides is 1. The molecule has 0 aliphatic carbocycles. The van der Waals surface area contributed by atoms with Crippen LogP contribution in [-0.4, -0.2) is 40.8 Å². The van der Waals surface area contributed by atoms with E-state index >= 15 is 0 Å². The van der Waals surface area contributed by atoms with Crippen molar-refractivity contribution >= 4 is 34.3 Å².